The van der Waals surface area contributed by atoms with E-state index in [0.29, 0.717) is 0 Å². The maximum Gasteiger partial charge on any atom is 0.224 e. The van der Waals surface area contributed by atoms with Crippen molar-refractivity contribution in [1.82, 2.24) is 5.32 Å². The lowest BCUT2D eigenvalue weighted by Gasteiger charge is -2.21. The standard InChI is InChI=1S/C4H6Cl3NO3S/c1-12(10,11)3(8-2-9)4(5,6)7/h2-3H,1H3,(H,8,9). The van der Waals surface area contributed by atoms with Crippen LogP contribution in [0.15, 0.2) is 0 Å². The molecule has 1 unspecified atom stereocenters. The molecule has 0 aromatic carbocycles. The highest BCUT2D eigenvalue weighted by Gasteiger charge is 2.39. The van der Waals surface area contributed by atoms with Crippen LogP contribution in [0.3, 0.4) is 0 Å². The van der Waals surface area contributed by atoms with Crippen molar-refractivity contribution in [2.24, 2.45) is 0 Å². The van der Waals surface area contributed by atoms with Crippen molar-refractivity contribution in [3.63, 3.8) is 0 Å². The van der Waals surface area contributed by atoms with E-state index in [1.165, 1.54) is 0 Å². The Morgan fingerprint density at radius 1 is 1.42 bits per heavy atom. The van der Waals surface area contributed by atoms with Crippen LogP contribution in [0.5, 0.6) is 0 Å². The van der Waals surface area contributed by atoms with Crippen molar-refractivity contribution in [2.75, 3.05) is 6.26 Å². The van der Waals surface area contributed by atoms with Gasteiger partial charge in [0.2, 0.25) is 10.2 Å². The van der Waals surface area contributed by atoms with Crippen molar-refractivity contribution in [3.8, 4) is 0 Å². The van der Waals surface area contributed by atoms with Crippen LogP contribution in [0.25, 0.3) is 0 Å². The van der Waals surface area contributed by atoms with Crippen LogP contribution < -0.4 is 5.32 Å². The number of carbonyl (C=O) groups excluding carboxylic acids is 1. The Balaban J connectivity index is 4.81. The second kappa shape index (κ2) is 4.00. The first-order chi connectivity index (χ1) is 5.19. The number of alkyl halides is 3. The molecule has 0 aliphatic carbocycles. The van der Waals surface area contributed by atoms with Gasteiger partial charge in [-0.1, -0.05) is 34.8 Å². The van der Waals surface area contributed by atoms with Crippen LogP contribution in [-0.2, 0) is 14.6 Å². The van der Waals surface area contributed by atoms with E-state index >= 15 is 0 Å². The van der Waals surface area contributed by atoms with Gasteiger partial charge in [0.1, 0.15) is 0 Å². The summed E-state index contributed by atoms with van der Waals surface area (Å²) in [4.78, 5) is 9.96. The lowest BCUT2D eigenvalue weighted by Crippen LogP contribution is -2.45. The van der Waals surface area contributed by atoms with Crippen molar-refractivity contribution in [3.05, 3.63) is 0 Å². The van der Waals surface area contributed by atoms with Crippen LogP contribution >= 0.6 is 34.8 Å². The number of halogens is 3. The van der Waals surface area contributed by atoms with Gasteiger partial charge in [0.15, 0.2) is 15.2 Å². The Morgan fingerprint density at radius 3 is 1.92 bits per heavy atom. The van der Waals surface area contributed by atoms with Crippen molar-refractivity contribution in [2.45, 2.75) is 9.17 Å². The highest BCUT2D eigenvalue weighted by atomic mass is 35.6. The van der Waals surface area contributed by atoms with Crippen LogP contribution in [0.1, 0.15) is 0 Å². The van der Waals surface area contributed by atoms with Gasteiger partial charge in [-0.15, -0.1) is 0 Å². The molecule has 0 aliphatic heterocycles. The summed E-state index contributed by atoms with van der Waals surface area (Å²) in [6.45, 7) is 0. The molecule has 8 heteroatoms. The lowest BCUT2D eigenvalue weighted by molar-refractivity contribution is -0.109. The monoisotopic (exact) mass is 253 g/mol. The molecule has 0 saturated heterocycles. The van der Waals surface area contributed by atoms with Gasteiger partial charge >= 0.3 is 0 Å². The van der Waals surface area contributed by atoms with E-state index in [-0.39, 0.29) is 6.41 Å². The second-order valence-electron chi connectivity index (χ2n) is 2.04. The third kappa shape index (κ3) is 3.80. The normalized spacial score (nSPS) is 15.3. The Labute approximate surface area is 85.1 Å². The molecule has 0 radical (unpaired) electrons. The van der Waals surface area contributed by atoms with E-state index in [0.717, 1.165) is 6.26 Å². The summed E-state index contributed by atoms with van der Waals surface area (Å²) in [5.74, 6) is 0. The fourth-order valence-corrected chi connectivity index (χ4v) is 2.96. The third-order valence-corrected chi connectivity index (χ3v) is 3.33. The van der Waals surface area contributed by atoms with Crippen LogP contribution in [0, 0.1) is 0 Å². The van der Waals surface area contributed by atoms with E-state index in [4.69, 9.17) is 34.8 Å². The first kappa shape index (κ1) is 12.3. The predicted octanol–water partition coefficient (Wildman–Crippen LogP) is 0.473. The first-order valence-corrected chi connectivity index (χ1v) is 5.73. The Bertz CT molecular complexity index is 257. The molecule has 0 spiro atoms. The summed E-state index contributed by atoms with van der Waals surface area (Å²) < 4.78 is 19.7. The Hall–Kier alpha value is 0.290. The van der Waals surface area contributed by atoms with E-state index < -0.39 is 19.0 Å². The zero-order chi connectivity index (χ0) is 9.99. The molecular formula is C4H6Cl3NO3S. The maximum absolute atomic E-state index is 10.9. The molecule has 1 N–H and O–H groups in total. The number of rotatable bonds is 3. The molecule has 0 aromatic heterocycles. The van der Waals surface area contributed by atoms with Gasteiger partial charge in [0, 0.05) is 6.26 Å². The summed E-state index contributed by atoms with van der Waals surface area (Å²) in [6, 6.07) is 0. The molecule has 1 amide bonds. The summed E-state index contributed by atoms with van der Waals surface area (Å²) in [5.41, 5.74) is 0. The summed E-state index contributed by atoms with van der Waals surface area (Å²) in [5, 5.41) is 0.377. The van der Waals surface area contributed by atoms with Gasteiger partial charge in [-0.2, -0.15) is 0 Å². The molecule has 72 valence electrons. The topological polar surface area (TPSA) is 63.2 Å². The molecular weight excluding hydrogens is 248 g/mol. The average Bonchev–Trinajstić information content (AvgIpc) is 1.77. The number of sulfone groups is 1. The molecule has 1 atom stereocenters. The number of hydrogen-bond acceptors (Lipinski definition) is 3. The van der Waals surface area contributed by atoms with Crippen molar-refractivity contribution < 1.29 is 13.2 Å². The molecule has 12 heavy (non-hydrogen) atoms. The second-order valence-corrected chi connectivity index (χ2v) is 6.54. The number of carbonyl (C=O) groups is 1. The molecule has 0 aromatic rings. The quantitative estimate of drug-likeness (QED) is 0.588. The molecule has 0 heterocycles. The fraction of sp³-hybridized carbons (Fsp3) is 0.750. The Kier molecular flexibility index (Phi) is 4.10. The van der Waals surface area contributed by atoms with Crippen LogP contribution in [-0.4, -0.2) is 30.3 Å². The smallest absolute Gasteiger partial charge is 0.224 e. The van der Waals surface area contributed by atoms with Gasteiger partial charge < -0.3 is 5.32 Å². The zero-order valence-electron chi connectivity index (χ0n) is 5.92. The molecule has 0 bridgehead atoms. The molecule has 0 fully saturated rings. The maximum atomic E-state index is 10.9. The van der Waals surface area contributed by atoms with E-state index in [9.17, 15) is 13.2 Å². The predicted molar refractivity (Wildman–Crippen MR) is 48.1 cm³/mol. The van der Waals surface area contributed by atoms with Crippen molar-refractivity contribution >= 4 is 51.1 Å². The third-order valence-electron chi connectivity index (χ3n) is 0.945. The minimum atomic E-state index is -3.62. The summed E-state index contributed by atoms with van der Waals surface area (Å²) >= 11 is 15.9. The molecule has 0 aliphatic rings. The molecule has 0 rings (SSSR count). The van der Waals surface area contributed by atoms with Crippen LogP contribution in [0.4, 0.5) is 0 Å². The fourth-order valence-electron chi connectivity index (χ4n) is 0.523. The highest BCUT2D eigenvalue weighted by molar-refractivity contribution is 7.91. The van der Waals surface area contributed by atoms with E-state index in [1.807, 2.05) is 5.32 Å². The van der Waals surface area contributed by atoms with Gasteiger partial charge in [-0.3, -0.25) is 4.79 Å². The zero-order valence-corrected chi connectivity index (χ0v) is 9.01. The van der Waals surface area contributed by atoms with Gasteiger partial charge in [-0.25, -0.2) is 8.42 Å². The van der Waals surface area contributed by atoms with Gasteiger partial charge in [0.05, 0.1) is 0 Å². The molecule has 4 nitrogen and oxygen atoms in total. The summed E-state index contributed by atoms with van der Waals surface area (Å²) in [6.07, 6.45) is 1.02. The van der Waals surface area contributed by atoms with E-state index in [2.05, 4.69) is 0 Å². The largest absolute Gasteiger partial charge is 0.339 e. The van der Waals surface area contributed by atoms with E-state index in [1.54, 1.807) is 0 Å². The first-order valence-electron chi connectivity index (χ1n) is 2.65. The lowest BCUT2D eigenvalue weighted by atomic mass is 10.7. The Morgan fingerprint density at radius 2 is 1.83 bits per heavy atom. The van der Waals surface area contributed by atoms with Gasteiger partial charge in [-0.05, 0) is 0 Å². The number of amides is 1. The van der Waals surface area contributed by atoms with Crippen LogP contribution in [0.2, 0.25) is 0 Å². The van der Waals surface area contributed by atoms with Gasteiger partial charge in [0.25, 0.3) is 0 Å². The SMILES string of the molecule is CS(=O)(=O)C(NC=O)C(Cl)(Cl)Cl. The van der Waals surface area contributed by atoms with Crippen molar-refractivity contribution in [1.29, 1.82) is 0 Å². The number of nitrogens with one attached hydrogen (secondary N) is 1. The highest BCUT2D eigenvalue weighted by Crippen LogP contribution is 2.32. The number of hydrogen-bond donors (Lipinski definition) is 1. The minimum Gasteiger partial charge on any atom is -0.339 e. The minimum absolute atomic E-state index is 0.160. The summed E-state index contributed by atoms with van der Waals surface area (Å²) in [7, 11) is -3.62. The molecule has 0 saturated carbocycles. The average molecular weight is 255 g/mol.